The molecular weight excluding hydrogens is 240 g/mol. The van der Waals surface area contributed by atoms with Crippen LogP contribution in [0.1, 0.15) is 29.6 Å². The van der Waals surface area contributed by atoms with Gasteiger partial charge in [0.1, 0.15) is 0 Å². The van der Waals surface area contributed by atoms with E-state index in [-0.39, 0.29) is 5.91 Å². The Bertz CT molecular complexity index is 572. The predicted octanol–water partition coefficient (Wildman–Crippen LogP) is 1.21. The zero-order valence-electron chi connectivity index (χ0n) is 10.8. The zero-order chi connectivity index (χ0) is 13.1. The topological polar surface area (TPSA) is 58.4 Å². The second-order valence-corrected chi connectivity index (χ2v) is 4.95. The molecule has 5 heteroatoms. The lowest BCUT2D eigenvalue weighted by Gasteiger charge is -2.23. The fourth-order valence-corrected chi connectivity index (χ4v) is 2.52. The summed E-state index contributed by atoms with van der Waals surface area (Å²) in [6.07, 6.45) is 7.07. The van der Waals surface area contributed by atoms with Crippen molar-refractivity contribution in [3.63, 3.8) is 0 Å². The van der Waals surface area contributed by atoms with Crippen LogP contribution < -0.4 is 10.6 Å². The Morgan fingerprint density at radius 1 is 1.47 bits per heavy atom. The summed E-state index contributed by atoms with van der Waals surface area (Å²) in [5.74, 6) is -0.0476. The molecule has 0 aliphatic carbocycles. The summed E-state index contributed by atoms with van der Waals surface area (Å²) in [5.41, 5.74) is 1.48. The van der Waals surface area contributed by atoms with Gasteiger partial charge in [-0.2, -0.15) is 5.10 Å². The van der Waals surface area contributed by atoms with E-state index in [2.05, 4.69) is 15.7 Å². The van der Waals surface area contributed by atoms with E-state index in [1.54, 1.807) is 10.7 Å². The molecule has 2 aromatic heterocycles. The molecular formula is C14H18N4O. The third-order valence-corrected chi connectivity index (χ3v) is 3.59. The number of nitrogens with one attached hydrogen (secondary N) is 2. The molecule has 1 saturated heterocycles. The smallest absolute Gasteiger partial charge is 0.255 e. The number of hydrogen-bond donors (Lipinski definition) is 2. The van der Waals surface area contributed by atoms with Gasteiger partial charge in [0, 0.05) is 18.8 Å². The summed E-state index contributed by atoms with van der Waals surface area (Å²) in [6.45, 7) is 1.74. The summed E-state index contributed by atoms with van der Waals surface area (Å²) in [4.78, 5) is 12.2. The Labute approximate surface area is 112 Å². The van der Waals surface area contributed by atoms with Gasteiger partial charge < -0.3 is 10.6 Å². The number of aromatic nitrogens is 2. The largest absolute Gasteiger partial charge is 0.350 e. The molecule has 1 aliphatic heterocycles. The Balaban J connectivity index is 1.66. The number of amides is 1. The number of hydrogen-bond acceptors (Lipinski definition) is 3. The highest BCUT2D eigenvalue weighted by Crippen LogP contribution is 2.10. The second kappa shape index (κ2) is 5.40. The molecule has 0 radical (unpaired) electrons. The second-order valence-electron chi connectivity index (χ2n) is 4.95. The van der Waals surface area contributed by atoms with Gasteiger partial charge in [-0.15, -0.1) is 0 Å². The Kier molecular flexibility index (Phi) is 3.46. The lowest BCUT2D eigenvalue weighted by atomic mass is 10.1. The quantitative estimate of drug-likeness (QED) is 0.870. The normalized spacial score (nSPS) is 19.5. The first-order chi connectivity index (χ1) is 9.34. The van der Waals surface area contributed by atoms with Crippen LogP contribution in [0, 0.1) is 0 Å². The molecule has 100 valence electrons. The van der Waals surface area contributed by atoms with Crippen molar-refractivity contribution < 1.29 is 4.79 Å². The summed E-state index contributed by atoms with van der Waals surface area (Å²) in [7, 11) is 0. The van der Waals surface area contributed by atoms with Crippen molar-refractivity contribution in [1.82, 2.24) is 20.2 Å². The van der Waals surface area contributed by atoms with Crippen LogP contribution in [-0.4, -0.2) is 34.7 Å². The van der Waals surface area contributed by atoms with Gasteiger partial charge in [-0.3, -0.25) is 4.79 Å². The van der Waals surface area contributed by atoms with Gasteiger partial charge in [-0.25, -0.2) is 4.52 Å². The summed E-state index contributed by atoms with van der Waals surface area (Å²) >= 11 is 0. The monoisotopic (exact) mass is 258 g/mol. The van der Waals surface area contributed by atoms with E-state index in [0.29, 0.717) is 18.2 Å². The van der Waals surface area contributed by atoms with E-state index in [9.17, 15) is 4.79 Å². The molecule has 0 saturated carbocycles. The average Bonchev–Trinajstić information content (AvgIpc) is 2.90. The fraction of sp³-hybridized carbons (Fsp3) is 0.429. The van der Waals surface area contributed by atoms with E-state index in [4.69, 9.17) is 0 Å². The van der Waals surface area contributed by atoms with E-state index >= 15 is 0 Å². The van der Waals surface area contributed by atoms with Gasteiger partial charge in [0.15, 0.2) is 0 Å². The van der Waals surface area contributed by atoms with Crippen LogP contribution in [-0.2, 0) is 0 Å². The van der Waals surface area contributed by atoms with Crippen LogP contribution in [0.15, 0.2) is 30.6 Å². The number of rotatable bonds is 3. The highest BCUT2D eigenvalue weighted by atomic mass is 16.1. The van der Waals surface area contributed by atoms with Crippen molar-refractivity contribution in [1.29, 1.82) is 0 Å². The van der Waals surface area contributed by atoms with Crippen molar-refractivity contribution in [3.8, 4) is 0 Å². The van der Waals surface area contributed by atoms with E-state index in [1.165, 1.54) is 12.8 Å². The molecule has 1 atom stereocenters. The number of fused-ring (bicyclic) bond motifs is 1. The molecule has 0 spiro atoms. The molecule has 1 aliphatic rings. The summed E-state index contributed by atoms with van der Waals surface area (Å²) in [6, 6.07) is 6.12. The van der Waals surface area contributed by atoms with Crippen molar-refractivity contribution in [3.05, 3.63) is 36.2 Å². The van der Waals surface area contributed by atoms with Crippen molar-refractivity contribution >= 4 is 11.4 Å². The number of nitrogens with zero attached hydrogens (tertiary/aromatic N) is 2. The van der Waals surface area contributed by atoms with Crippen LogP contribution in [0.3, 0.4) is 0 Å². The van der Waals surface area contributed by atoms with Crippen LogP contribution in [0.25, 0.3) is 5.52 Å². The molecule has 1 unspecified atom stereocenters. The number of pyridine rings is 1. The molecule has 1 fully saturated rings. The molecule has 2 aromatic rings. The molecule has 3 rings (SSSR count). The molecule has 1 amide bonds. The van der Waals surface area contributed by atoms with Crippen LogP contribution in [0.2, 0.25) is 0 Å². The van der Waals surface area contributed by atoms with Crippen molar-refractivity contribution in [2.45, 2.75) is 25.3 Å². The van der Waals surface area contributed by atoms with Gasteiger partial charge >= 0.3 is 0 Å². The first-order valence-electron chi connectivity index (χ1n) is 6.78. The minimum Gasteiger partial charge on any atom is -0.350 e. The Hall–Kier alpha value is -1.88. The predicted molar refractivity (Wildman–Crippen MR) is 73.2 cm³/mol. The molecule has 0 aromatic carbocycles. The number of carbonyl (C=O) groups is 1. The Morgan fingerprint density at radius 2 is 2.42 bits per heavy atom. The van der Waals surface area contributed by atoms with Gasteiger partial charge in [0.25, 0.3) is 5.91 Å². The maximum Gasteiger partial charge on any atom is 0.255 e. The van der Waals surface area contributed by atoms with Gasteiger partial charge in [-0.1, -0.05) is 12.5 Å². The Morgan fingerprint density at radius 3 is 3.26 bits per heavy atom. The molecule has 0 bridgehead atoms. The van der Waals surface area contributed by atoms with Crippen LogP contribution >= 0.6 is 0 Å². The van der Waals surface area contributed by atoms with E-state index in [0.717, 1.165) is 18.5 Å². The number of piperidine rings is 1. The summed E-state index contributed by atoms with van der Waals surface area (Å²) < 4.78 is 1.72. The third-order valence-electron chi connectivity index (χ3n) is 3.59. The van der Waals surface area contributed by atoms with Crippen molar-refractivity contribution in [2.24, 2.45) is 0 Å². The van der Waals surface area contributed by atoms with Gasteiger partial charge in [-0.05, 0) is 31.5 Å². The van der Waals surface area contributed by atoms with Crippen LogP contribution in [0.4, 0.5) is 0 Å². The van der Waals surface area contributed by atoms with Crippen molar-refractivity contribution in [2.75, 3.05) is 13.1 Å². The minimum absolute atomic E-state index is 0.0476. The zero-order valence-corrected chi connectivity index (χ0v) is 10.8. The first kappa shape index (κ1) is 12.2. The minimum atomic E-state index is -0.0476. The highest BCUT2D eigenvalue weighted by molar-refractivity contribution is 6.00. The van der Waals surface area contributed by atoms with Gasteiger partial charge in [0.05, 0.1) is 17.3 Å². The maximum absolute atomic E-state index is 12.2. The highest BCUT2D eigenvalue weighted by Gasteiger charge is 2.16. The fourth-order valence-electron chi connectivity index (χ4n) is 2.52. The van der Waals surface area contributed by atoms with Crippen LogP contribution in [0.5, 0.6) is 0 Å². The third kappa shape index (κ3) is 2.61. The average molecular weight is 258 g/mol. The number of carbonyl (C=O) groups excluding carboxylic acids is 1. The molecule has 19 heavy (non-hydrogen) atoms. The lowest BCUT2D eigenvalue weighted by Crippen LogP contribution is -2.43. The molecule has 2 N–H and O–H groups in total. The SMILES string of the molecule is O=C(NCC1CCCCN1)c1cnn2ccccc12. The maximum atomic E-state index is 12.2. The lowest BCUT2D eigenvalue weighted by molar-refractivity contribution is 0.0949. The standard InChI is InChI=1S/C14H18N4O/c19-14(16-9-11-5-1-3-7-15-11)12-10-17-18-8-4-2-6-13(12)18/h2,4,6,8,10-11,15H,1,3,5,7,9H2,(H,16,19). The van der Waals surface area contributed by atoms with E-state index < -0.39 is 0 Å². The molecule has 5 nitrogen and oxygen atoms in total. The van der Waals surface area contributed by atoms with Gasteiger partial charge in [0.2, 0.25) is 0 Å². The molecule has 3 heterocycles. The van der Waals surface area contributed by atoms with E-state index in [1.807, 2.05) is 24.4 Å². The summed E-state index contributed by atoms with van der Waals surface area (Å²) in [5, 5.41) is 10.6. The first-order valence-corrected chi connectivity index (χ1v) is 6.78.